The number of alkyl halides is 6. The van der Waals surface area contributed by atoms with Crippen molar-refractivity contribution in [2.75, 3.05) is 13.2 Å². The summed E-state index contributed by atoms with van der Waals surface area (Å²) in [6.45, 7) is 3.56. The lowest BCUT2D eigenvalue weighted by Gasteiger charge is -2.12. The van der Waals surface area contributed by atoms with Gasteiger partial charge in [-0.05, 0) is 61.4 Å². The molecule has 0 aliphatic heterocycles. The van der Waals surface area contributed by atoms with Gasteiger partial charge in [-0.3, -0.25) is 0 Å². The predicted molar refractivity (Wildman–Crippen MR) is 116 cm³/mol. The van der Waals surface area contributed by atoms with Crippen LogP contribution in [0.15, 0.2) is 54.1 Å². The molecule has 0 aliphatic carbocycles. The fourth-order valence-corrected chi connectivity index (χ4v) is 2.87. The highest BCUT2D eigenvalue weighted by Gasteiger charge is 2.36. The number of allylic oxidation sites excluding steroid dienone is 1. The summed E-state index contributed by atoms with van der Waals surface area (Å²) in [5.41, 5.74) is -2.16. The molecule has 2 rings (SSSR count). The van der Waals surface area contributed by atoms with Crippen LogP contribution in [0.3, 0.4) is 0 Å². The van der Waals surface area contributed by atoms with Crippen LogP contribution in [0, 0.1) is 11.8 Å². The fraction of sp³-hybridized carbons (Fsp3) is 0.320. The van der Waals surface area contributed by atoms with E-state index in [1.54, 1.807) is 31.2 Å². The first-order chi connectivity index (χ1) is 16.3. The molecule has 0 aromatic heterocycles. The van der Waals surface area contributed by atoms with E-state index in [2.05, 4.69) is 11.8 Å². The Kier molecular flexibility index (Phi) is 9.37. The summed E-state index contributed by atoms with van der Waals surface area (Å²) in [4.78, 5) is 11.2. The van der Waals surface area contributed by atoms with Crippen molar-refractivity contribution < 1.29 is 45.7 Å². The van der Waals surface area contributed by atoms with E-state index in [-0.39, 0.29) is 25.7 Å². The molecule has 0 bridgehead atoms. The van der Waals surface area contributed by atoms with Gasteiger partial charge in [0, 0.05) is 18.6 Å². The number of benzene rings is 2. The molecule has 0 saturated heterocycles. The standard InChI is InChI=1S/C25H22F6O4/c1-3-34-22(23(32)33)14-17-6-8-21(9-7-17)35-11-10-16(2)4-5-18-12-19(24(26,27)28)15-20(13-18)25(29,30)31/h6-10,12-13,15,22H,3,11,14H2,1-2H3,(H,32,33)/t22-/m0/s1. The highest BCUT2D eigenvalue weighted by molar-refractivity contribution is 5.72. The van der Waals surface area contributed by atoms with Gasteiger partial charge in [0.05, 0.1) is 11.1 Å². The second-order valence-electron chi connectivity index (χ2n) is 7.37. The van der Waals surface area contributed by atoms with Crippen molar-refractivity contribution in [1.29, 1.82) is 0 Å². The monoisotopic (exact) mass is 500 g/mol. The van der Waals surface area contributed by atoms with Crippen molar-refractivity contribution in [3.8, 4) is 17.6 Å². The molecule has 4 nitrogen and oxygen atoms in total. The third-order valence-electron chi connectivity index (χ3n) is 4.62. The number of rotatable bonds is 8. The summed E-state index contributed by atoms with van der Waals surface area (Å²) in [6.07, 6.45) is -9.13. The maximum Gasteiger partial charge on any atom is 0.416 e. The molecule has 2 aromatic carbocycles. The van der Waals surface area contributed by atoms with Crippen LogP contribution in [0.5, 0.6) is 5.75 Å². The van der Waals surface area contributed by atoms with Crippen LogP contribution >= 0.6 is 0 Å². The summed E-state index contributed by atoms with van der Waals surface area (Å²) in [5.74, 6) is 4.26. The quantitative estimate of drug-likeness (QED) is 0.350. The Hall–Kier alpha value is -3.45. The van der Waals surface area contributed by atoms with Gasteiger partial charge < -0.3 is 14.6 Å². The first-order valence-corrected chi connectivity index (χ1v) is 10.3. The van der Waals surface area contributed by atoms with Gasteiger partial charge in [0.2, 0.25) is 0 Å². The maximum absolute atomic E-state index is 12.9. The van der Waals surface area contributed by atoms with E-state index in [0.717, 1.165) is 5.56 Å². The molecular weight excluding hydrogens is 478 g/mol. The second kappa shape index (κ2) is 11.8. The van der Waals surface area contributed by atoms with E-state index in [1.807, 2.05) is 0 Å². The van der Waals surface area contributed by atoms with Crippen LogP contribution in [-0.4, -0.2) is 30.4 Å². The molecule has 2 aromatic rings. The summed E-state index contributed by atoms with van der Waals surface area (Å²) in [5, 5.41) is 9.14. The highest BCUT2D eigenvalue weighted by atomic mass is 19.4. The lowest BCUT2D eigenvalue weighted by Crippen LogP contribution is -2.26. The lowest BCUT2D eigenvalue weighted by molar-refractivity contribution is -0.150. The molecule has 0 amide bonds. The van der Waals surface area contributed by atoms with Gasteiger partial charge in [-0.25, -0.2) is 4.79 Å². The van der Waals surface area contributed by atoms with Crippen molar-refractivity contribution in [2.45, 2.75) is 38.7 Å². The zero-order valence-electron chi connectivity index (χ0n) is 18.8. The molecule has 188 valence electrons. The molecular formula is C25H22F6O4. The van der Waals surface area contributed by atoms with E-state index in [1.165, 1.54) is 13.0 Å². The highest BCUT2D eigenvalue weighted by Crippen LogP contribution is 2.36. The number of carboxylic acids is 1. The molecule has 1 atom stereocenters. The first-order valence-electron chi connectivity index (χ1n) is 10.3. The zero-order valence-corrected chi connectivity index (χ0v) is 18.8. The number of carbonyl (C=O) groups is 1. The SMILES string of the molecule is CCO[C@@H](Cc1ccc(OCC=C(C)C#Cc2cc(C(F)(F)F)cc(C(F)(F)F)c2)cc1)C(=O)O. The fourth-order valence-electron chi connectivity index (χ4n) is 2.87. The molecule has 1 N–H and O–H groups in total. The molecule has 0 aliphatic rings. The Morgan fingerprint density at radius 3 is 2.09 bits per heavy atom. The van der Waals surface area contributed by atoms with Gasteiger partial charge in [-0.15, -0.1) is 0 Å². The van der Waals surface area contributed by atoms with Gasteiger partial charge in [-0.2, -0.15) is 26.3 Å². The van der Waals surface area contributed by atoms with Gasteiger partial charge in [0.25, 0.3) is 0 Å². The Morgan fingerprint density at radius 2 is 1.60 bits per heavy atom. The Morgan fingerprint density at radius 1 is 1.03 bits per heavy atom. The minimum Gasteiger partial charge on any atom is -0.490 e. The van der Waals surface area contributed by atoms with Crippen LogP contribution in [0.2, 0.25) is 0 Å². The number of aliphatic carboxylic acids is 1. The number of carboxylic acid groups (broad SMARTS) is 1. The van der Waals surface area contributed by atoms with Crippen LogP contribution < -0.4 is 4.74 Å². The number of halogens is 6. The molecule has 0 heterocycles. The summed E-state index contributed by atoms with van der Waals surface area (Å²) >= 11 is 0. The van der Waals surface area contributed by atoms with Crippen molar-refractivity contribution in [2.24, 2.45) is 0 Å². The minimum atomic E-state index is -4.94. The molecule has 10 heteroatoms. The average molecular weight is 500 g/mol. The van der Waals surface area contributed by atoms with Gasteiger partial charge in [0.1, 0.15) is 12.4 Å². The first kappa shape index (κ1) is 27.8. The second-order valence-corrected chi connectivity index (χ2v) is 7.37. The normalized spacial score (nSPS) is 13.1. The third-order valence-corrected chi connectivity index (χ3v) is 4.62. The Labute approximate surface area is 198 Å². The Balaban J connectivity index is 2.05. The largest absolute Gasteiger partial charge is 0.490 e. The van der Waals surface area contributed by atoms with Gasteiger partial charge >= 0.3 is 18.3 Å². The Bertz CT molecular complexity index is 1070. The van der Waals surface area contributed by atoms with Crippen molar-refractivity contribution in [3.63, 3.8) is 0 Å². The van der Waals surface area contributed by atoms with Crippen LogP contribution in [0.4, 0.5) is 26.3 Å². The van der Waals surface area contributed by atoms with E-state index < -0.39 is 41.1 Å². The summed E-state index contributed by atoms with van der Waals surface area (Å²) < 4.78 is 88.4. The molecule has 35 heavy (non-hydrogen) atoms. The van der Waals surface area contributed by atoms with E-state index in [0.29, 0.717) is 23.5 Å². The molecule has 0 fully saturated rings. The van der Waals surface area contributed by atoms with E-state index in [4.69, 9.17) is 14.6 Å². The molecule has 0 radical (unpaired) electrons. The lowest BCUT2D eigenvalue weighted by atomic mass is 10.0. The minimum absolute atomic E-state index is 0.0473. The smallest absolute Gasteiger partial charge is 0.416 e. The topological polar surface area (TPSA) is 55.8 Å². The van der Waals surface area contributed by atoms with Crippen LogP contribution in [0.25, 0.3) is 0 Å². The van der Waals surface area contributed by atoms with Crippen molar-refractivity contribution in [1.82, 2.24) is 0 Å². The van der Waals surface area contributed by atoms with Crippen molar-refractivity contribution in [3.05, 3.63) is 76.4 Å². The third kappa shape index (κ3) is 9.02. The number of hydrogen-bond acceptors (Lipinski definition) is 3. The average Bonchev–Trinajstić information content (AvgIpc) is 2.77. The molecule has 0 spiro atoms. The summed E-state index contributed by atoms with van der Waals surface area (Å²) in [7, 11) is 0. The zero-order chi connectivity index (χ0) is 26.2. The maximum atomic E-state index is 12.9. The summed E-state index contributed by atoms with van der Waals surface area (Å²) in [6, 6.07) is 7.82. The van der Waals surface area contributed by atoms with Gasteiger partial charge in [0.15, 0.2) is 6.10 Å². The van der Waals surface area contributed by atoms with Crippen LogP contribution in [0.1, 0.15) is 36.1 Å². The van der Waals surface area contributed by atoms with Crippen LogP contribution in [-0.2, 0) is 28.3 Å². The van der Waals surface area contributed by atoms with E-state index >= 15 is 0 Å². The number of hydrogen-bond donors (Lipinski definition) is 1. The molecule has 0 saturated carbocycles. The number of ether oxygens (including phenoxy) is 2. The van der Waals surface area contributed by atoms with E-state index in [9.17, 15) is 31.1 Å². The van der Waals surface area contributed by atoms with Crippen molar-refractivity contribution >= 4 is 5.97 Å². The predicted octanol–water partition coefficient (Wildman–Crippen LogP) is 6.13. The van der Waals surface area contributed by atoms with Gasteiger partial charge in [-0.1, -0.05) is 24.0 Å². The molecule has 0 unspecified atom stereocenters.